The third kappa shape index (κ3) is 5.45. The average molecular weight is 688 g/mol. The number of aromatic nitrogens is 3. The molecule has 0 N–H and O–H groups in total. The third-order valence-corrected chi connectivity index (χ3v) is 8.62. The summed E-state index contributed by atoms with van der Waals surface area (Å²) < 4.78 is 103. The van der Waals surface area contributed by atoms with Gasteiger partial charge in [0.2, 0.25) is 0 Å². The van der Waals surface area contributed by atoms with Gasteiger partial charge in [0.1, 0.15) is 5.82 Å². The second kappa shape index (κ2) is 12.5. The lowest BCUT2D eigenvalue weighted by Crippen LogP contribution is -2.06. The fourth-order valence-corrected chi connectivity index (χ4v) is 6.09. The van der Waals surface area contributed by atoms with E-state index in [1.807, 2.05) is 91.0 Å². The van der Waals surface area contributed by atoms with Crippen LogP contribution >= 0.6 is 0 Å². The number of halogens is 7. The number of rotatable bonds is 5. The standard InChI is InChI=1S/C41H20F7N3/c42-32-29(33(43)34(44)31-30(32)35(45)37(47)38(48)36(31)46)27-13-7-12-23(19-27)24-14-15-26-20-28(17-16-25(26)18-24)41-50-39(21-8-3-1-4-9-21)49-40(51-41)22-10-5-2-6-11-22/h1-20H. The number of benzene rings is 7. The lowest BCUT2D eigenvalue weighted by atomic mass is 9.94. The maximum absolute atomic E-state index is 15.6. The molecule has 0 aliphatic carbocycles. The van der Waals surface area contributed by atoms with Gasteiger partial charge >= 0.3 is 0 Å². The molecule has 0 aliphatic rings. The minimum Gasteiger partial charge on any atom is -0.208 e. The van der Waals surface area contributed by atoms with Gasteiger partial charge in [0.25, 0.3) is 0 Å². The van der Waals surface area contributed by atoms with Crippen molar-refractivity contribution in [2.24, 2.45) is 0 Å². The molecule has 0 spiro atoms. The maximum Gasteiger partial charge on any atom is 0.198 e. The van der Waals surface area contributed by atoms with Gasteiger partial charge in [-0.15, -0.1) is 0 Å². The highest BCUT2D eigenvalue weighted by atomic mass is 19.2. The molecule has 0 amide bonds. The average Bonchev–Trinajstić information content (AvgIpc) is 3.18. The lowest BCUT2D eigenvalue weighted by Gasteiger charge is -2.14. The Morgan fingerprint density at radius 3 is 1.27 bits per heavy atom. The van der Waals surface area contributed by atoms with Gasteiger partial charge in [-0.05, 0) is 45.7 Å². The molecule has 51 heavy (non-hydrogen) atoms. The van der Waals surface area contributed by atoms with Crippen molar-refractivity contribution in [3.63, 3.8) is 0 Å². The largest absolute Gasteiger partial charge is 0.208 e. The van der Waals surface area contributed by atoms with Crippen molar-refractivity contribution >= 4 is 21.5 Å². The fourth-order valence-electron chi connectivity index (χ4n) is 6.09. The highest BCUT2D eigenvalue weighted by molar-refractivity contribution is 5.93. The van der Waals surface area contributed by atoms with E-state index >= 15 is 8.78 Å². The van der Waals surface area contributed by atoms with E-state index in [1.165, 1.54) is 18.2 Å². The molecule has 3 nitrogen and oxygen atoms in total. The van der Waals surface area contributed by atoms with Crippen molar-refractivity contribution in [3.05, 3.63) is 162 Å². The molecular formula is C41H20F7N3. The number of fused-ring (bicyclic) bond motifs is 2. The number of nitrogens with zero attached hydrogens (tertiary/aromatic N) is 3. The Kier molecular flexibility index (Phi) is 7.79. The van der Waals surface area contributed by atoms with E-state index in [4.69, 9.17) is 15.0 Å². The van der Waals surface area contributed by atoms with Crippen LogP contribution in [0.5, 0.6) is 0 Å². The molecule has 1 aromatic heterocycles. The van der Waals surface area contributed by atoms with Gasteiger partial charge in [-0.3, -0.25) is 0 Å². The van der Waals surface area contributed by atoms with Crippen LogP contribution in [0.15, 0.2) is 121 Å². The first-order valence-electron chi connectivity index (χ1n) is 15.5. The lowest BCUT2D eigenvalue weighted by molar-refractivity contribution is 0.412. The highest BCUT2D eigenvalue weighted by Crippen LogP contribution is 2.40. The molecule has 0 aliphatic heterocycles. The van der Waals surface area contributed by atoms with Crippen LogP contribution in [0.4, 0.5) is 30.7 Å². The van der Waals surface area contributed by atoms with Crippen LogP contribution < -0.4 is 0 Å². The second-order valence-electron chi connectivity index (χ2n) is 11.7. The predicted octanol–water partition coefficient (Wildman–Crippen LogP) is 11.5. The predicted molar refractivity (Wildman–Crippen MR) is 182 cm³/mol. The van der Waals surface area contributed by atoms with Crippen LogP contribution in [0.1, 0.15) is 0 Å². The summed E-state index contributed by atoms with van der Waals surface area (Å²) >= 11 is 0. The molecule has 8 aromatic rings. The zero-order chi connectivity index (χ0) is 35.4. The van der Waals surface area contributed by atoms with E-state index < -0.39 is 57.1 Å². The number of hydrogen-bond donors (Lipinski definition) is 0. The Morgan fingerprint density at radius 2 is 0.706 bits per heavy atom. The van der Waals surface area contributed by atoms with Crippen molar-refractivity contribution in [2.75, 3.05) is 0 Å². The van der Waals surface area contributed by atoms with Gasteiger partial charge in [-0.1, -0.05) is 103 Å². The van der Waals surface area contributed by atoms with Crippen molar-refractivity contribution in [1.82, 2.24) is 15.0 Å². The van der Waals surface area contributed by atoms with Crippen LogP contribution in [0, 0.1) is 40.7 Å². The van der Waals surface area contributed by atoms with E-state index in [0.717, 1.165) is 27.5 Å². The Balaban J connectivity index is 1.19. The molecule has 8 rings (SSSR count). The first-order chi connectivity index (χ1) is 24.7. The van der Waals surface area contributed by atoms with Gasteiger partial charge < -0.3 is 0 Å². The summed E-state index contributed by atoms with van der Waals surface area (Å²) in [6.07, 6.45) is 0. The summed E-state index contributed by atoms with van der Waals surface area (Å²) in [6, 6.07) is 35.9. The van der Waals surface area contributed by atoms with Crippen molar-refractivity contribution < 1.29 is 30.7 Å². The minimum absolute atomic E-state index is 0.235. The molecule has 0 saturated heterocycles. The van der Waals surface area contributed by atoms with E-state index in [-0.39, 0.29) is 5.56 Å². The van der Waals surface area contributed by atoms with E-state index in [2.05, 4.69) is 0 Å². The molecule has 248 valence electrons. The fraction of sp³-hybridized carbons (Fsp3) is 0. The topological polar surface area (TPSA) is 38.7 Å². The maximum atomic E-state index is 15.6. The van der Waals surface area contributed by atoms with Crippen molar-refractivity contribution in [1.29, 1.82) is 0 Å². The first kappa shape index (κ1) is 31.8. The summed E-state index contributed by atoms with van der Waals surface area (Å²) in [6.45, 7) is 0. The monoisotopic (exact) mass is 687 g/mol. The summed E-state index contributed by atoms with van der Waals surface area (Å²) in [5.74, 6) is -13.3. The Bertz CT molecular complexity index is 2610. The second-order valence-corrected chi connectivity index (χ2v) is 11.7. The summed E-state index contributed by atoms with van der Waals surface area (Å²) in [5, 5.41) is -1.56. The smallest absolute Gasteiger partial charge is 0.198 e. The van der Waals surface area contributed by atoms with Gasteiger partial charge in [0.05, 0.1) is 16.3 Å². The summed E-state index contributed by atoms with van der Waals surface area (Å²) in [5.41, 5.74) is 2.17. The zero-order valence-electron chi connectivity index (χ0n) is 26.0. The van der Waals surface area contributed by atoms with Gasteiger partial charge in [0, 0.05) is 16.7 Å². The molecule has 1 heterocycles. The number of hydrogen-bond acceptors (Lipinski definition) is 3. The minimum atomic E-state index is -2.38. The highest BCUT2D eigenvalue weighted by Gasteiger charge is 2.31. The van der Waals surface area contributed by atoms with Crippen molar-refractivity contribution in [3.8, 4) is 56.4 Å². The van der Waals surface area contributed by atoms with Crippen LogP contribution in [0.25, 0.3) is 78.0 Å². The normalized spacial score (nSPS) is 11.4. The summed E-state index contributed by atoms with van der Waals surface area (Å²) in [7, 11) is 0. The first-order valence-corrected chi connectivity index (χ1v) is 15.5. The van der Waals surface area contributed by atoms with Gasteiger partial charge in [-0.2, -0.15) is 0 Å². The zero-order valence-corrected chi connectivity index (χ0v) is 26.0. The van der Waals surface area contributed by atoms with E-state index in [0.29, 0.717) is 28.6 Å². The Hall–Kier alpha value is -6.42. The molecule has 10 heteroatoms. The molecule has 0 saturated carbocycles. The van der Waals surface area contributed by atoms with Gasteiger partial charge in [0.15, 0.2) is 52.4 Å². The quantitative estimate of drug-likeness (QED) is 0.103. The molecule has 0 radical (unpaired) electrons. The van der Waals surface area contributed by atoms with Gasteiger partial charge in [-0.25, -0.2) is 45.7 Å². The van der Waals surface area contributed by atoms with Crippen molar-refractivity contribution in [2.45, 2.75) is 0 Å². The summed E-state index contributed by atoms with van der Waals surface area (Å²) in [4.78, 5) is 14.3. The van der Waals surface area contributed by atoms with E-state index in [9.17, 15) is 22.0 Å². The Morgan fingerprint density at radius 1 is 0.294 bits per heavy atom. The SMILES string of the molecule is Fc1c(F)c(F)c2c(F)c(-c3cccc(-c4ccc5cc(-c6nc(-c7ccccc7)nc(-c7ccccc7)n6)ccc5c4)c3)c(F)c(F)c2c1F. The molecular weight excluding hydrogens is 667 g/mol. The van der Waals surface area contributed by atoms with E-state index in [1.54, 1.807) is 12.1 Å². The third-order valence-electron chi connectivity index (χ3n) is 8.62. The van der Waals surface area contributed by atoms with Crippen LogP contribution in [-0.4, -0.2) is 15.0 Å². The molecule has 0 unspecified atom stereocenters. The Labute approximate surface area is 285 Å². The van der Waals surface area contributed by atoms with Crippen LogP contribution in [0.2, 0.25) is 0 Å². The van der Waals surface area contributed by atoms with Crippen LogP contribution in [0.3, 0.4) is 0 Å². The molecule has 7 aromatic carbocycles. The molecule has 0 bridgehead atoms. The molecule has 0 atom stereocenters. The van der Waals surface area contributed by atoms with Crippen LogP contribution in [-0.2, 0) is 0 Å². The molecule has 0 fully saturated rings.